The van der Waals surface area contributed by atoms with Crippen LogP contribution in [0.5, 0.6) is 5.75 Å². The van der Waals surface area contributed by atoms with Crippen LogP contribution in [0.15, 0.2) is 18.2 Å². The van der Waals surface area contributed by atoms with Crippen LogP contribution in [0, 0.1) is 11.7 Å². The summed E-state index contributed by atoms with van der Waals surface area (Å²) in [7, 11) is 0. The minimum atomic E-state index is -0.543. The second kappa shape index (κ2) is 8.15. The van der Waals surface area contributed by atoms with Crippen LogP contribution in [0.2, 0.25) is 5.02 Å². The van der Waals surface area contributed by atoms with Gasteiger partial charge in [0.1, 0.15) is 11.6 Å². The number of benzene rings is 1. The number of rotatable bonds is 5. The van der Waals surface area contributed by atoms with Gasteiger partial charge < -0.3 is 14.4 Å². The van der Waals surface area contributed by atoms with E-state index in [4.69, 9.17) is 21.1 Å². The van der Waals surface area contributed by atoms with Gasteiger partial charge in [-0.05, 0) is 31.9 Å². The molecule has 1 amide bonds. The molecule has 0 saturated carbocycles. The molecule has 0 aliphatic carbocycles. The number of carbonyl (C=O) groups excluding carboxylic acids is 2. The second-order valence-corrected chi connectivity index (χ2v) is 5.70. The number of hydrogen-bond donors (Lipinski definition) is 0. The van der Waals surface area contributed by atoms with Crippen LogP contribution < -0.4 is 4.74 Å². The largest absolute Gasteiger partial charge is 0.484 e. The van der Waals surface area contributed by atoms with E-state index in [9.17, 15) is 14.0 Å². The van der Waals surface area contributed by atoms with Gasteiger partial charge in [0, 0.05) is 19.2 Å². The highest BCUT2D eigenvalue weighted by molar-refractivity contribution is 6.30. The third-order valence-corrected chi connectivity index (χ3v) is 3.94. The molecule has 1 aromatic rings. The Balaban J connectivity index is 1.87. The predicted octanol–water partition coefficient (Wildman–Crippen LogP) is 2.66. The molecule has 7 heteroatoms. The predicted molar refractivity (Wildman–Crippen MR) is 82.8 cm³/mol. The minimum absolute atomic E-state index is 0.0599. The molecule has 1 atom stereocenters. The lowest BCUT2D eigenvalue weighted by Gasteiger charge is -2.31. The lowest BCUT2D eigenvalue weighted by molar-refractivity contribution is -0.151. The average Bonchev–Trinajstić information content (AvgIpc) is 2.56. The van der Waals surface area contributed by atoms with Gasteiger partial charge in [0.25, 0.3) is 5.91 Å². The first-order valence-electron chi connectivity index (χ1n) is 7.53. The summed E-state index contributed by atoms with van der Waals surface area (Å²) in [6, 6.07) is 3.91. The zero-order valence-corrected chi connectivity index (χ0v) is 13.6. The SMILES string of the molecule is CCOC(=O)C1CCCN(C(=O)COc2ccc(F)c(Cl)c2)C1. The van der Waals surface area contributed by atoms with E-state index >= 15 is 0 Å². The quantitative estimate of drug-likeness (QED) is 0.771. The van der Waals surface area contributed by atoms with E-state index in [2.05, 4.69) is 0 Å². The second-order valence-electron chi connectivity index (χ2n) is 5.30. The van der Waals surface area contributed by atoms with Gasteiger partial charge in [0.15, 0.2) is 6.61 Å². The van der Waals surface area contributed by atoms with Crippen molar-refractivity contribution >= 4 is 23.5 Å². The Morgan fingerprint density at radius 1 is 1.43 bits per heavy atom. The Morgan fingerprint density at radius 3 is 2.91 bits per heavy atom. The van der Waals surface area contributed by atoms with Crippen molar-refractivity contribution < 1.29 is 23.5 Å². The lowest BCUT2D eigenvalue weighted by atomic mass is 9.98. The summed E-state index contributed by atoms with van der Waals surface area (Å²) in [5.74, 6) is -0.994. The van der Waals surface area contributed by atoms with Crippen molar-refractivity contribution in [1.82, 2.24) is 4.90 Å². The maximum Gasteiger partial charge on any atom is 0.310 e. The molecule has 1 saturated heterocycles. The Morgan fingerprint density at radius 2 is 2.22 bits per heavy atom. The van der Waals surface area contributed by atoms with Crippen LogP contribution in [-0.2, 0) is 14.3 Å². The highest BCUT2D eigenvalue weighted by Crippen LogP contribution is 2.22. The van der Waals surface area contributed by atoms with Crippen LogP contribution in [0.3, 0.4) is 0 Å². The number of piperidine rings is 1. The summed E-state index contributed by atoms with van der Waals surface area (Å²) in [5.41, 5.74) is 0. The summed E-state index contributed by atoms with van der Waals surface area (Å²) in [6.07, 6.45) is 1.47. The molecule has 1 aromatic carbocycles. The van der Waals surface area contributed by atoms with Crippen LogP contribution in [-0.4, -0.2) is 43.1 Å². The van der Waals surface area contributed by atoms with E-state index < -0.39 is 5.82 Å². The van der Waals surface area contributed by atoms with Gasteiger partial charge in [-0.25, -0.2) is 4.39 Å². The zero-order chi connectivity index (χ0) is 16.8. The maximum atomic E-state index is 13.1. The number of carbonyl (C=O) groups is 2. The smallest absolute Gasteiger partial charge is 0.310 e. The summed E-state index contributed by atoms with van der Waals surface area (Å²) >= 11 is 5.66. The highest BCUT2D eigenvalue weighted by Gasteiger charge is 2.29. The van der Waals surface area contributed by atoms with E-state index in [1.54, 1.807) is 11.8 Å². The number of amides is 1. The molecule has 5 nitrogen and oxygen atoms in total. The van der Waals surface area contributed by atoms with Crippen LogP contribution in [0.25, 0.3) is 0 Å². The Hall–Kier alpha value is -1.82. The Bertz CT molecular complexity index is 581. The molecule has 0 N–H and O–H groups in total. The first-order valence-corrected chi connectivity index (χ1v) is 7.91. The number of halogens is 2. The molecule has 1 heterocycles. The number of ether oxygens (including phenoxy) is 2. The van der Waals surface area contributed by atoms with E-state index in [1.165, 1.54) is 18.2 Å². The molecule has 1 aliphatic rings. The zero-order valence-electron chi connectivity index (χ0n) is 12.9. The van der Waals surface area contributed by atoms with Crippen LogP contribution in [0.4, 0.5) is 4.39 Å². The van der Waals surface area contributed by atoms with Crippen molar-refractivity contribution in [3.63, 3.8) is 0 Å². The van der Waals surface area contributed by atoms with Crippen LogP contribution in [0.1, 0.15) is 19.8 Å². The lowest BCUT2D eigenvalue weighted by Crippen LogP contribution is -2.44. The van der Waals surface area contributed by atoms with Crippen LogP contribution >= 0.6 is 11.6 Å². The molecule has 1 aliphatic heterocycles. The van der Waals surface area contributed by atoms with E-state index in [0.29, 0.717) is 25.4 Å². The van der Waals surface area contributed by atoms with Gasteiger partial charge in [-0.3, -0.25) is 9.59 Å². The van der Waals surface area contributed by atoms with Gasteiger partial charge in [-0.15, -0.1) is 0 Å². The monoisotopic (exact) mass is 343 g/mol. The van der Waals surface area contributed by atoms with Gasteiger partial charge in [-0.1, -0.05) is 11.6 Å². The van der Waals surface area contributed by atoms with Gasteiger partial charge in [-0.2, -0.15) is 0 Å². The van der Waals surface area contributed by atoms with Gasteiger partial charge in [0.2, 0.25) is 0 Å². The molecular weight excluding hydrogens is 325 g/mol. The molecule has 0 radical (unpaired) electrons. The topological polar surface area (TPSA) is 55.8 Å². The molecule has 0 bridgehead atoms. The highest BCUT2D eigenvalue weighted by atomic mass is 35.5. The molecule has 1 unspecified atom stereocenters. The first kappa shape index (κ1) is 17.5. The standard InChI is InChI=1S/C16H19ClFNO4/c1-2-22-16(21)11-4-3-7-19(9-11)15(20)10-23-12-5-6-14(18)13(17)8-12/h5-6,8,11H,2-4,7,9-10H2,1H3. The summed E-state index contributed by atoms with van der Waals surface area (Å²) in [5, 5.41) is -0.0599. The Kier molecular flexibility index (Phi) is 6.21. The minimum Gasteiger partial charge on any atom is -0.484 e. The third-order valence-electron chi connectivity index (χ3n) is 3.65. The maximum absolute atomic E-state index is 13.1. The third kappa shape index (κ3) is 4.82. The fourth-order valence-corrected chi connectivity index (χ4v) is 2.63. The number of esters is 1. The van der Waals surface area contributed by atoms with E-state index in [-0.39, 0.29) is 29.4 Å². The summed E-state index contributed by atoms with van der Waals surface area (Å²) < 4.78 is 23.4. The van der Waals surface area contributed by atoms with Crippen molar-refractivity contribution in [3.05, 3.63) is 29.0 Å². The van der Waals surface area contributed by atoms with Crippen molar-refractivity contribution in [2.24, 2.45) is 5.92 Å². The fourth-order valence-electron chi connectivity index (χ4n) is 2.46. The number of likely N-dealkylation sites (tertiary alicyclic amines) is 1. The first-order chi connectivity index (χ1) is 11.0. The number of nitrogens with zero attached hydrogens (tertiary/aromatic N) is 1. The molecular formula is C16H19ClFNO4. The Labute approximate surface area is 139 Å². The number of hydrogen-bond acceptors (Lipinski definition) is 4. The van der Waals surface area contributed by atoms with Crippen molar-refractivity contribution in [2.45, 2.75) is 19.8 Å². The summed E-state index contributed by atoms with van der Waals surface area (Å²) in [6.45, 7) is 2.83. The average molecular weight is 344 g/mol. The molecule has 126 valence electrons. The normalized spacial score (nSPS) is 17.7. The van der Waals surface area contributed by atoms with Gasteiger partial charge in [0.05, 0.1) is 17.5 Å². The van der Waals surface area contributed by atoms with Crippen molar-refractivity contribution in [3.8, 4) is 5.75 Å². The fraction of sp³-hybridized carbons (Fsp3) is 0.500. The summed E-state index contributed by atoms with van der Waals surface area (Å²) in [4.78, 5) is 25.6. The van der Waals surface area contributed by atoms with Crippen molar-refractivity contribution in [2.75, 3.05) is 26.3 Å². The van der Waals surface area contributed by atoms with Crippen molar-refractivity contribution in [1.29, 1.82) is 0 Å². The molecule has 2 rings (SSSR count). The molecule has 0 aromatic heterocycles. The molecule has 1 fully saturated rings. The molecule has 0 spiro atoms. The van der Waals surface area contributed by atoms with E-state index in [1.807, 2.05) is 0 Å². The van der Waals surface area contributed by atoms with Gasteiger partial charge >= 0.3 is 5.97 Å². The molecule has 23 heavy (non-hydrogen) atoms. The van der Waals surface area contributed by atoms with E-state index in [0.717, 1.165) is 12.8 Å².